The van der Waals surface area contributed by atoms with Gasteiger partial charge in [0.2, 0.25) is 5.91 Å². The lowest BCUT2D eigenvalue weighted by Crippen LogP contribution is -2.50. The van der Waals surface area contributed by atoms with Crippen LogP contribution in [0.4, 0.5) is 0 Å². The number of nitrogens with one attached hydrogen (secondary N) is 1. The Labute approximate surface area is 110 Å². The molecule has 0 saturated heterocycles. The number of aliphatic hydroxyl groups is 5. The van der Waals surface area contributed by atoms with E-state index in [9.17, 15) is 20.1 Å². The zero-order valence-electron chi connectivity index (χ0n) is 10.3. The van der Waals surface area contributed by atoms with Crippen molar-refractivity contribution in [2.45, 2.75) is 24.4 Å². The van der Waals surface area contributed by atoms with Crippen molar-refractivity contribution in [1.29, 1.82) is 0 Å². The Morgan fingerprint density at radius 1 is 1.05 bits per heavy atom. The summed E-state index contributed by atoms with van der Waals surface area (Å²) in [6.45, 7) is -1.01. The molecule has 0 aromatic heterocycles. The molecule has 19 heavy (non-hydrogen) atoms. The van der Waals surface area contributed by atoms with Crippen LogP contribution in [0.3, 0.4) is 0 Å². The maximum atomic E-state index is 11.6. The summed E-state index contributed by atoms with van der Waals surface area (Å²) in [7, 11) is 0. The van der Waals surface area contributed by atoms with Gasteiger partial charge in [0.25, 0.3) is 0 Å². The molecule has 0 heterocycles. The molecule has 0 aromatic carbocycles. The predicted molar refractivity (Wildman–Crippen MR) is 65.9 cm³/mol. The topological polar surface area (TPSA) is 130 Å². The van der Waals surface area contributed by atoms with Crippen LogP contribution in [-0.4, -0.2) is 69.0 Å². The summed E-state index contributed by atoms with van der Waals surface area (Å²) in [6, 6.07) is 0. The van der Waals surface area contributed by atoms with Crippen LogP contribution in [0.1, 0.15) is 0 Å². The van der Waals surface area contributed by atoms with Crippen LogP contribution in [0.2, 0.25) is 0 Å². The van der Waals surface area contributed by atoms with Gasteiger partial charge in [-0.05, 0) is 0 Å². The molecule has 7 heteroatoms. The Kier molecular flexibility index (Phi) is 6.13. The first kappa shape index (κ1) is 15.8. The molecule has 1 amide bonds. The van der Waals surface area contributed by atoms with Gasteiger partial charge >= 0.3 is 0 Å². The minimum Gasteiger partial charge on any atom is -0.394 e. The van der Waals surface area contributed by atoms with Crippen LogP contribution in [0, 0.1) is 5.92 Å². The third-order valence-electron chi connectivity index (χ3n) is 2.86. The highest BCUT2D eigenvalue weighted by molar-refractivity contribution is 5.83. The number of hydrogen-bond donors (Lipinski definition) is 6. The van der Waals surface area contributed by atoms with Gasteiger partial charge in [-0.3, -0.25) is 4.79 Å². The number of aliphatic hydroxyl groups excluding tert-OH is 5. The van der Waals surface area contributed by atoms with Crippen LogP contribution in [-0.2, 0) is 4.79 Å². The van der Waals surface area contributed by atoms with Gasteiger partial charge in [-0.2, -0.15) is 0 Å². The van der Waals surface area contributed by atoms with Crippen LogP contribution < -0.4 is 5.32 Å². The molecule has 0 aromatic rings. The van der Waals surface area contributed by atoms with Gasteiger partial charge in [-0.15, -0.1) is 0 Å². The second kappa shape index (κ2) is 7.37. The average Bonchev–Trinajstić information content (AvgIpc) is 2.95. The van der Waals surface area contributed by atoms with E-state index < -0.39 is 36.9 Å². The monoisotopic (exact) mass is 273 g/mol. The smallest absolute Gasteiger partial charge is 0.230 e. The number of carbonyl (C=O) groups is 1. The molecule has 6 N–H and O–H groups in total. The van der Waals surface area contributed by atoms with Crippen molar-refractivity contribution in [3.05, 3.63) is 24.3 Å². The Hall–Kier alpha value is -1.25. The second-order valence-corrected chi connectivity index (χ2v) is 4.34. The first-order valence-electron chi connectivity index (χ1n) is 5.93. The zero-order valence-corrected chi connectivity index (χ0v) is 10.3. The quantitative estimate of drug-likeness (QED) is 0.299. The fraction of sp³-hybridized carbons (Fsp3) is 0.583. The summed E-state index contributed by atoms with van der Waals surface area (Å²) in [6.07, 6.45) is 0.412. The summed E-state index contributed by atoms with van der Waals surface area (Å²) in [5.74, 6) is -0.745. The first-order valence-corrected chi connectivity index (χ1v) is 5.93. The molecule has 7 nitrogen and oxygen atoms in total. The number of hydrogen-bond acceptors (Lipinski definition) is 6. The van der Waals surface area contributed by atoms with Gasteiger partial charge in [-0.25, -0.2) is 0 Å². The van der Waals surface area contributed by atoms with E-state index in [1.165, 1.54) is 0 Å². The Morgan fingerprint density at radius 3 is 2.11 bits per heavy atom. The van der Waals surface area contributed by atoms with E-state index in [2.05, 4.69) is 5.32 Å². The second-order valence-electron chi connectivity index (χ2n) is 4.34. The highest BCUT2D eigenvalue weighted by Gasteiger charge is 2.30. The summed E-state index contributed by atoms with van der Waals surface area (Å²) >= 11 is 0. The standard InChI is InChI=1S/C12H19NO6/c14-6-9(16)11(18)10(17)8(15)5-13-12(19)7-3-1-2-4-7/h1-4,7-11,14-18H,5-6H2,(H,13,19)/t8-,9+,10+,11+/m0/s1. The van der Waals surface area contributed by atoms with E-state index in [1.54, 1.807) is 24.3 Å². The Bertz CT molecular complexity index is 344. The molecule has 108 valence electrons. The minimum absolute atomic E-state index is 0.270. The number of carbonyl (C=O) groups excluding carboxylic acids is 1. The third-order valence-corrected chi connectivity index (χ3v) is 2.86. The summed E-state index contributed by atoms with van der Waals surface area (Å²) in [5, 5.41) is 48.6. The molecule has 0 unspecified atom stereocenters. The van der Waals surface area contributed by atoms with Crippen molar-refractivity contribution in [3.8, 4) is 0 Å². The van der Waals surface area contributed by atoms with Crippen LogP contribution in [0.25, 0.3) is 0 Å². The third kappa shape index (κ3) is 4.41. The van der Waals surface area contributed by atoms with Crippen molar-refractivity contribution < 1.29 is 30.3 Å². The van der Waals surface area contributed by atoms with Crippen molar-refractivity contribution in [2.24, 2.45) is 5.92 Å². The molecule has 0 fully saturated rings. The Balaban J connectivity index is 2.37. The molecule has 1 aliphatic rings. The molecular weight excluding hydrogens is 254 g/mol. The van der Waals surface area contributed by atoms with E-state index in [0.29, 0.717) is 0 Å². The molecule has 0 aliphatic heterocycles. The van der Waals surface area contributed by atoms with E-state index in [4.69, 9.17) is 10.2 Å². The molecule has 0 radical (unpaired) electrons. The summed E-state index contributed by atoms with van der Waals surface area (Å²) in [5.41, 5.74) is 0. The van der Waals surface area contributed by atoms with Crippen LogP contribution in [0.5, 0.6) is 0 Å². The fourth-order valence-electron chi connectivity index (χ4n) is 1.61. The summed E-state index contributed by atoms with van der Waals surface area (Å²) < 4.78 is 0. The number of allylic oxidation sites excluding steroid dienone is 2. The van der Waals surface area contributed by atoms with Crippen molar-refractivity contribution in [2.75, 3.05) is 13.2 Å². The normalized spacial score (nSPS) is 21.1. The SMILES string of the molecule is O=C(NC[C@H](O)[C@@H](O)[C@H](O)[C@H](O)CO)C1C=CC=C1. The van der Waals surface area contributed by atoms with Crippen LogP contribution >= 0.6 is 0 Å². The highest BCUT2D eigenvalue weighted by Crippen LogP contribution is 2.09. The predicted octanol–water partition coefficient (Wildman–Crippen LogP) is -2.72. The Morgan fingerprint density at radius 2 is 1.58 bits per heavy atom. The molecule has 0 bridgehead atoms. The van der Waals surface area contributed by atoms with E-state index >= 15 is 0 Å². The largest absolute Gasteiger partial charge is 0.394 e. The van der Waals surface area contributed by atoms with E-state index in [-0.39, 0.29) is 12.5 Å². The van der Waals surface area contributed by atoms with Gasteiger partial charge in [-0.1, -0.05) is 24.3 Å². The maximum absolute atomic E-state index is 11.6. The molecule has 1 aliphatic carbocycles. The molecule has 4 atom stereocenters. The first-order chi connectivity index (χ1) is 8.97. The lowest BCUT2D eigenvalue weighted by molar-refractivity contribution is -0.127. The molecular formula is C12H19NO6. The van der Waals surface area contributed by atoms with Crippen molar-refractivity contribution >= 4 is 5.91 Å². The van der Waals surface area contributed by atoms with Gasteiger partial charge in [0, 0.05) is 6.54 Å². The molecule has 1 rings (SSSR count). The summed E-state index contributed by atoms with van der Waals surface area (Å²) in [4.78, 5) is 11.6. The number of rotatable bonds is 7. The number of amides is 1. The molecule has 0 spiro atoms. The average molecular weight is 273 g/mol. The van der Waals surface area contributed by atoms with Crippen molar-refractivity contribution in [1.82, 2.24) is 5.32 Å². The lowest BCUT2D eigenvalue weighted by atomic mass is 10.0. The van der Waals surface area contributed by atoms with Gasteiger partial charge in [0.15, 0.2) is 0 Å². The van der Waals surface area contributed by atoms with Crippen molar-refractivity contribution in [3.63, 3.8) is 0 Å². The van der Waals surface area contributed by atoms with E-state index in [1.807, 2.05) is 0 Å². The van der Waals surface area contributed by atoms with Crippen LogP contribution in [0.15, 0.2) is 24.3 Å². The minimum atomic E-state index is -1.69. The van der Waals surface area contributed by atoms with Gasteiger partial charge in [0.1, 0.15) is 18.3 Å². The fourth-order valence-corrected chi connectivity index (χ4v) is 1.61. The molecule has 0 saturated carbocycles. The maximum Gasteiger partial charge on any atom is 0.230 e. The zero-order chi connectivity index (χ0) is 14.4. The van der Waals surface area contributed by atoms with E-state index in [0.717, 1.165) is 0 Å². The van der Waals surface area contributed by atoms with Gasteiger partial charge in [0.05, 0.1) is 18.6 Å². The highest BCUT2D eigenvalue weighted by atomic mass is 16.4. The lowest BCUT2D eigenvalue weighted by Gasteiger charge is -2.25. The van der Waals surface area contributed by atoms with Gasteiger partial charge < -0.3 is 30.8 Å².